The summed E-state index contributed by atoms with van der Waals surface area (Å²) in [6, 6.07) is 15.0. The molecule has 8 heteroatoms. The highest BCUT2D eigenvalue weighted by Gasteiger charge is 2.37. The van der Waals surface area contributed by atoms with E-state index < -0.39 is 30.1 Å². The number of aliphatic carboxylic acids is 1. The number of nitrogens with zero attached hydrogens (tertiary/aromatic N) is 1. The summed E-state index contributed by atoms with van der Waals surface area (Å²) in [6.07, 6.45) is 1.37. The molecule has 0 aliphatic carbocycles. The van der Waals surface area contributed by atoms with Crippen LogP contribution in [0.2, 0.25) is 0 Å². The largest absolute Gasteiger partial charge is 0.480 e. The van der Waals surface area contributed by atoms with E-state index in [0.717, 1.165) is 16.7 Å². The topological polar surface area (TPSA) is 95.9 Å². The molecule has 0 bridgehead atoms. The van der Waals surface area contributed by atoms with Crippen molar-refractivity contribution in [1.29, 1.82) is 0 Å². The van der Waals surface area contributed by atoms with Crippen molar-refractivity contribution in [2.24, 2.45) is 0 Å². The quantitative estimate of drug-likeness (QED) is 0.542. The number of ether oxygens (including phenoxy) is 1. The summed E-state index contributed by atoms with van der Waals surface area (Å²) < 4.78 is 5.20. The zero-order valence-corrected chi connectivity index (χ0v) is 19.7. The predicted octanol–water partition coefficient (Wildman–Crippen LogP) is 2.99. The van der Waals surface area contributed by atoms with Crippen LogP contribution in [0.4, 0.5) is 0 Å². The lowest BCUT2D eigenvalue weighted by molar-refractivity contribution is -0.153. The van der Waals surface area contributed by atoms with Crippen molar-refractivity contribution in [2.45, 2.75) is 57.8 Å². The number of halogens is 1. The molecule has 1 amide bonds. The Morgan fingerprint density at radius 3 is 2.36 bits per heavy atom. The first-order valence-corrected chi connectivity index (χ1v) is 11.0. The van der Waals surface area contributed by atoms with Crippen LogP contribution in [0.3, 0.4) is 0 Å². The van der Waals surface area contributed by atoms with Crippen LogP contribution in [0.15, 0.2) is 54.6 Å². The molecule has 0 fully saturated rings. The van der Waals surface area contributed by atoms with Crippen LogP contribution in [0.1, 0.15) is 37.0 Å². The van der Waals surface area contributed by atoms with E-state index >= 15 is 0 Å². The maximum Gasteiger partial charge on any atom is 0.326 e. The van der Waals surface area contributed by atoms with Gasteiger partial charge in [0.15, 0.2) is 0 Å². The molecule has 2 aromatic carbocycles. The highest BCUT2D eigenvalue weighted by Crippen LogP contribution is 2.24. The molecule has 1 heterocycles. The zero-order valence-electron chi connectivity index (χ0n) is 18.9. The number of fused-ring (bicyclic) bond motifs is 1. The standard InChI is InChI=1S/C25H30N2O5.ClH/c1-3-32-25(31)21(14-13-18-9-5-4-6-10-18)26-17(2)23(28)27-16-20-12-8-7-11-19(20)15-22(27)24(29)30;/h4-12,17,21-22,26H,3,13-16H2,1-2H3,(H,29,30);1H/t17-,21+,22-;/m0./s1. The van der Waals surface area contributed by atoms with E-state index in [1.807, 2.05) is 54.6 Å². The number of carbonyl (C=O) groups excluding carboxylic acids is 2. The first-order valence-electron chi connectivity index (χ1n) is 11.0. The second kappa shape index (κ2) is 12.4. The van der Waals surface area contributed by atoms with Gasteiger partial charge in [-0.1, -0.05) is 54.6 Å². The molecule has 33 heavy (non-hydrogen) atoms. The minimum absolute atomic E-state index is 0. The number of nitrogens with one attached hydrogen (secondary N) is 1. The van der Waals surface area contributed by atoms with Crippen molar-refractivity contribution in [3.05, 3.63) is 71.3 Å². The van der Waals surface area contributed by atoms with Gasteiger partial charge in [0.1, 0.15) is 12.1 Å². The van der Waals surface area contributed by atoms with Gasteiger partial charge in [-0.05, 0) is 43.4 Å². The second-order valence-corrected chi connectivity index (χ2v) is 8.01. The van der Waals surface area contributed by atoms with Crippen LogP contribution in [-0.4, -0.2) is 52.6 Å². The Morgan fingerprint density at radius 2 is 1.73 bits per heavy atom. The minimum atomic E-state index is -1.04. The smallest absolute Gasteiger partial charge is 0.326 e. The maximum absolute atomic E-state index is 13.3. The number of aryl methyl sites for hydroxylation is 1. The zero-order chi connectivity index (χ0) is 23.1. The fourth-order valence-corrected chi connectivity index (χ4v) is 4.06. The molecule has 3 atom stereocenters. The monoisotopic (exact) mass is 474 g/mol. The van der Waals surface area contributed by atoms with Gasteiger partial charge in [0, 0.05) is 13.0 Å². The molecule has 0 spiro atoms. The van der Waals surface area contributed by atoms with Crippen LogP contribution < -0.4 is 5.32 Å². The SMILES string of the molecule is CCOC(=O)[C@@H](CCc1ccccc1)N[C@@H](C)C(=O)N1Cc2ccccc2C[C@H]1C(=O)O.Cl. The average molecular weight is 475 g/mol. The summed E-state index contributed by atoms with van der Waals surface area (Å²) in [6.45, 7) is 3.88. The molecular weight excluding hydrogens is 444 g/mol. The third-order valence-corrected chi connectivity index (χ3v) is 5.77. The molecule has 3 rings (SSSR count). The molecule has 0 radical (unpaired) electrons. The van der Waals surface area contributed by atoms with E-state index in [0.29, 0.717) is 12.8 Å². The van der Waals surface area contributed by atoms with Crippen molar-refractivity contribution < 1.29 is 24.2 Å². The highest BCUT2D eigenvalue weighted by molar-refractivity contribution is 5.88. The van der Waals surface area contributed by atoms with Gasteiger partial charge in [-0.15, -0.1) is 12.4 Å². The Morgan fingerprint density at radius 1 is 1.09 bits per heavy atom. The first kappa shape index (κ1) is 26.4. The maximum atomic E-state index is 13.3. The predicted molar refractivity (Wildman–Crippen MR) is 127 cm³/mol. The second-order valence-electron chi connectivity index (χ2n) is 8.01. The van der Waals surface area contributed by atoms with E-state index in [2.05, 4.69) is 5.32 Å². The molecule has 1 aliphatic heterocycles. The van der Waals surface area contributed by atoms with E-state index in [1.54, 1.807) is 13.8 Å². The number of carbonyl (C=O) groups is 3. The summed E-state index contributed by atoms with van der Waals surface area (Å²) in [7, 11) is 0. The molecule has 7 nitrogen and oxygen atoms in total. The number of hydrogen-bond acceptors (Lipinski definition) is 5. The van der Waals surface area contributed by atoms with Crippen LogP contribution in [0, 0.1) is 0 Å². The lowest BCUT2D eigenvalue weighted by Gasteiger charge is -2.36. The number of hydrogen-bond donors (Lipinski definition) is 2. The van der Waals surface area contributed by atoms with E-state index in [1.165, 1.54) is 4.90 Å². The van der Waals surface area contributed by atoms with Crippen molar-refractivity contribution >= 4 is 30.3 Å². The number of carboxylic acid groups (broad SMARTS) is 1. The lowest BCUT2D eigenvalue weighted by atomic mass is 9.93. The Bertz CT molecular complexity index is 953. The Balaban J connectivity index is 0.00000385. The summed E-state index contributed by atoms with van der Waals surface area (Å²) in [5.41, 5.74) is 2.97. The van der Waals surface area contributed by atoms with Crippen molar-refractivity contribution in [3.63, 3.8) is 0 Å². The first-order chi connectivity index (χ1) is 15.4. The Labute approximate surface area is 200 Å². The van der Waals surface area contributed by atoms with Gasteiger partial charge in [-0.25, -0.2) is 4.79 Å². The third-order valence-electron chi connectivity index (χ3n) is 5.77. The van der Waals surface area contributed by atoms with E-state index in [4.69, 9.17) is 4.74 Å². The minimum Gasteiger partial charge on any atom is -0.480 e. The fraction of sp³-hybridized carbons (Fsp3) is 0.400. The van der Waals surface area contributed by atoms with Crippen molar-refractivity contribution in [1.82, 2.24) is 10.2 Å². The molecular formula is C25H31ClN2O5. The van der Waals surface area contributed by atoms with Gasteiger partial charge in [0.2, 0.25) is 5.91 Å². The van der Waals surface area contributed by atoms with Gasteiger partial charge in [-0.3, -0.25) is 14.9 Å². The van der Waals surface area contributed by atoms with E-state index in [9.17, 15) is 19.5 Å². The molecule has 0 unspecified atom stereocenters. The molecule has 1 aliphatic rings. The molecule has 0 saturated carbocycles. The fourth-order valence-electron chi connectivity index (χ4n) is 4.06. The summed E-state index contributed by atoms with van der Waals surface area (Å²) >= 11 is 0. The highest BCUT2D eigenvalue weighted by atomic mass is 35.5. The van der Waals surface area contributed by atoms with Gasteiger partial charge in [0.05, 0.1) is 12.6 Å². The number of benzene rings is 2. The summed E-state index contributed by atoms with van der Waals surface area (Å²) in [4.78, 5) is 39.1. The van der Waals surface area contributed by atoms with Gasteiger partial charge >= 0.3 is 11.9 Å². The summed E-state index contributed by atoms with van der Waals surface area (Å²) in [5.74, 6) is -1.80. The Kier molecular flexibility index (Phi) is 9.88. The lowest BCUT2D eigenvalue weighted by Crippen LogP contribution is -2.56. The number of esters is 1. The van der Waals surface area contributed by atoms with Crippen LogP contribution in [-0.2, 0) is 38.5 Å². The molecule has 0 saturated heterocycles. The normalized spacial score (nSPS) is 16.7. The van der Waals surface area contributed by atoms with Crippen LogP contribution in [0.5, 0.6) is 0 Å². The number of amides is 1. The van der Waals surface area contributed by atoms with Gasteiger partial charge < -0.3 is 14.7 Å². The van der Waals surface area contributed by atoms with Crippen LogP contribution >= 0.6 is 12.4 Å². The average Bonchev–Trinajstić information content (AvgIpc) is 2.80. The van der Waals surface area contributed by atoms with E-state index in [-0.39, 0.29) is 37.9 Å². The molecule has 0 aromatic heterocycles. The molecule has 2 aromatic rings. The molecule has 178 valence electrons. The van der Waals surface area contributed by atoms with Crippen molar-refractivity contribution in [2.75, 3.05) is 6.61 Å². The number of carboxylic acids is 1. The van der Waals surface area contributed by atoms with Gasteiger partial charge in [-0.2, -0.15) is 0 Å². The summed E-state index contributed by atoms with van der Waals surface area (Å²) in [5, 5.41) is 12.8. The molecule has 2 N–H and O–H groups in total. The van der Waals surface area contributed by atoms with Gasteiger partial charge in [0.25, 0.3) is 0 Å². The third kappa shape index (κ3) is 6.79. The van der Waals surface area contributed by atoms with Crippen LogP contribution in [0.25, 0.3) is 0 Å². The Hall–Kier alpha value is -2.90. The number of rotatable bonds is 9. The van der Waals surface area contributed by atoms with Crippen molar-refractivity contribution in [3.8, 4) is 0 Å².